The molecule has 0 fully saturated rings. The zero-order valence-corrected chi connectivity index (χ0v) is 22.4. The average molecular weight is 595 g/mol. The summed E-state index contributed by atoms with van der Waals surface area (Å²) >= 11 is 6.98. The standard InChI is InChI=1S/C32H21Br2NO/c33-25-16-10-22(11-17-25)14-20-28-27-8-4-5-9-29(27)35-30(21-15-23-12-18-26(34)19-13-23)31(28)32(36)24-6-2-1-3-7-24/h1-21H/b20-14+,21-15+. The van der Waals surface area contributed by atoms with Gasteiger partial charge in [0.2, 0.25) is 0 Å². The molecule has 36 heavy (non-hydrogen) atoms. The molecule has 0 spiro atoms. The van der Waals surface area contributed by atoms with Crippen LogP contribution in [0.4, 0.5) is 0 Å². The third-order valence-corrected chi connectivity index (χ3v) is 6.90. The molecular weight excluding hydrogens is 574 g/mol. The molecule has 0 atom stereocenters. The van der Waals surface area contributed by atoms with E-state index in [9.17, 15) is 4.79 Å². The first-order valence-electron chi connectivity index (χ1n) is 11.5. The molecule has 4 aromatic carbocycles. The summed E-state index contributed by atoms with van der Waals surface area (Å²) in [4.78, 5) is 18.8. The lowest BCUT2D eigenvalue weighted by atomic mass is 9.92. The fourth-order valence-corrected chi connectivity index (χ4v) is 4.55. The van der Waals surface area contributed by atoms with Gasteiger partial charge in [0.1, 0.15) is 0 Å². The Morgan fingerprint density at radius 3 is 1.81 bits per heavy atom. The first-order valence-corrected chi connectivity index (χ1v) is 13.1. The molecule has 5 rings (SSSR count). The summed E-state index contributed by atoms with van der Waals surface area (Å²) in [5, 5.41) is 0.936. The fraction of sp³-hybridized carbons (Fsp3) is 0. The van der Waals surface area contributed by atoms with Crippen molar-refractivity contribution in [2.75, 3.05) is 0 Å². The Morgan fingerprint density at radius 1 is 0.611 bits per heavy atom. The van der Waals surface area contributed by atoms with E-state index in [1.54, 1.807) is 0 Å². The lowest BCUT2D eigenvalue weighted by molar-refractivity contribution is 0.103. The van der Waals surface area contributed by atoms with Crippen molar-refractivity contribution >= 4 is 72.9 Å². The number of hydrogen-bond donors (Lipinski definition) is 0. The molecular formula is C32H21Br2NO. The topological polar surface area (TPSA) is 30.0 Å². The van der Waals surface area contributed by atoms with Crippen molar-refractivity contribution in [1.29, 1.82) is 0 Å². The lowest BCUT2D eigenvalue weighted by Gasteiger charge is -2.13. The summed E-state index contributed by atoms with van der Waals surface area (Å²) in [6.07, 6.45) is 7.99. The predicted octanol–water partition coefficient (Wildman–Crippen LogP) is 9.33. The molecule has 0 N–H and O–H groups in total. The van der Waals surface area contributed by atoms with E-state index in [0.717, 1.165) is 36.5 Å². The molecule has 0 aliphatic heterocycles. The zero-order chi connectivity index (χ0) is 24.9. The summed E-state index contributed by atoms with van der Waals surface area (Å²) < 4.78 is 2.04. The molecule has 5 aromatic rings. The first-order chi connectivity index (χ1) is 17.6. The third kappa shape index (κ3) is 5.46. The van der Waals surface area contributed by atoms with Crippen LogP contribution in [0.5, 0.6) is 0 Å². The predicted molar refractivity (Wildman–Crippen MR) is 158 cm³/mol. The number of pyridine rings is 1. The number of hydrogen-bond acceptors (Lipinski definition) is 2. The van der Waals surface area contributed by atoms with Gasteiger partial charge in [-0.05, 0) is 53.1 Å². The number of fused-ring (bicyclic) bond motifs is 1. The van der Waals surface area contributed by atoms with Crippen LogP contribution in [0.3, 0.4) is 0 Å². The maximum atomic E-state index is 13.9. The van der Waals surface area contributed by atoms with E-state index >= 15 is 0 Å². The van der Waals surface area contributed by atoms with Gasteiger partial charge in [-0.1, -0.05) is 123 Å². The van der Waals surface area contributed by atoms with E-state index in [1.165, 1.54) is 0 Å². The summed E-state index contributed by atoms with van der Waals surface area (Å²) in [6.45, 7) is 0. The van der Waals surface area contributed by atoms with Gasteiger partial charge in [0.15, 0.2) is 5.78 Å². The Kier molecular flexibility index (Phi) is 7.36. The van der Waals surface area contributed by atoms with Crippen molar-refractivity contribution in [1.82, 2.24) is 4.98 Å². The molecule has 0 bridgehead atoms. The molecule has 0 saturated carbocycles. The van der Waals surface area contributed by atoms with Gasteiger partial charge in [-0.25, -0.2) is 4.98 Å². The molecule has 0 aliphatic rings. The van der Waals surface area contributed by atoms with Crippen LogP contribution in [0.2, 0.25) is 0 Å². The SMILES string of the molecule is O=C(c1ccccc1)c1c(/C=C/c2ccc(Br)cc2)nc2ccccc2c1/C=C/c1ccc(Br)cc1. The summed E-state index contributed by atoms with van der Waals surface area (Å²) in [6, 6.07) is 33.5. The monoisotopic (exact) mass is 593 g/mol. The summed E-state index contributed by atoms with van der Waals surface area (Å²) in [5.41, 5.74) is 5.62. The second kappa shape index (κ2) is 11.0. The van der Waals surface area contributed by atoms with Crippen molar-refractivity contribution in [3.05, 3.63) is 146 Å². The normalized spacial score (nSPS) is 11.5. The van der Waals surface area contributed by atoms with Crippen LogP contribution in [0.15, 0.2) is 112 Å². The number of halogens is 2. The number of para-hydroxylation sites is 1. The maximum Gasteiger partial charge on any atom is 0.195 e. The molecule has 0 unspecified atom stereocenters. The van der Waals surface area contributed by atoms with Crippen LogP contribution in [0.1, 0.15) is 38.3 Å². The van der Waals surface area contributed by atoms with Gasteiger partial charge in [-0.3, -0.25) is 4.79 Å². The maximum absolute atomic E-state index is 13.9. The van der Waals surface area contributed by atoms with Crippen molar-refractivity contribution in [2.45, 2.75) is 0 Å². The number of nitrogens with zero attached hydrogens (tertiary/aromatic N) is 1. The molecule has 1 aromatic heterocycles. The van der Waals surface area contributed by atoms with E-state index in [4.69, 9.17) is 4.98 Å². The minimum absolute atomic E-state index is 0.0558. The number of aromatic nitrogens is 1. The van der Waals surface area contributed by atoms with Gasteiger partial charge >= 0.3 is 0 Å². The summed E-state index contributed by atoms with van der Waals surface area (Å²) in [7, 11) is 0. The second-order valence-corrected chi connectivity index (χ2v) is 10.1. The highest BCUT2D eigenvalue weighted by Crippen LogP contribution is 2.29. The molecule has 0 amide bonds. The smallest absolute Gasteiger partial charge is 0.195 e. The van der Waals surface area contributed by atoms with Crippen molar-refractivity contribution in [2.24, 2.45) is 0 Å². The Labute approximate surface area is 227 Å². The number of benzene rings is 4. The molecule has 0 aliphatic carbocycles. The molecule has 2 nitrogen and oxygen atoms in total. The van der Waals surface area contributed by atoms with Crippen LogP contribution in [-0.2, 0) is 0 Å². The van der Waals surface area contributed by atoms with Crippen LogP contribution < -0.4 is 0 Å². The van der Waals surface area contributed by atoms with Gasteiger partial charge < -0.3 is 0 Å². The molecule has 174 valence electrons. The van der Waals surface area contributed by atoms with Gasteiger partial charge in [0, 0.05) is 19.9 Å². The van der Waals surface area contributed by atoms with Gasteiger partial charge in [0.25, 0.3) is 0 Å². The van der Waals surface area contributed by atoms with E-state index in [1.807, 2.05) is 127 Å². The zero-order valence-electron chi connectivity index (χ0n) is 19.2. The number of carbonyl (C=O) groups is 1. The van der Waals surface area contributed by atoms with Crippen molar-refractivity contribution in [3.8, 4) is 0 Å². The van der Waals surface area contributed by atoms with E-state index in [0.29, 0.717) is 16.8 Å². The molecule has 1 heterocycles. The van der Waals surface area contributed by atoms with Crippen LogP contribution in [0.25, 0.3) is 35.2 Å². The quantitative estimate of drug-likeness (QED) is 0.183. The number of rotatable bonds is 6. The Balaban J connectivity index is 1.72. The minimum Gasteiger partial charge on any atom is -0.289 e. The van der Waals surface area contributed by atoms with Gasteiger partial charge in [0.05, 0.1) is 16.8 Å². The Hall–Kier alpha value is -3.60. The Bertz CT molecular complexity index is 1590. The van der Waals surface area contributed by atoms with E-state index in [2.05, 4.69) is 31.9 Å². The average Bonchev–Trinajstić information content (AvgIpc) is 2.92. The fourth-order valence-electron chi connectivity index (χ4n) is 4.03. The van der Waals surface area contributed by atoms with Crippen LogP contribution >= 0.6 is 31.9 Å². The van der Waals surface area contributed by atoms with Crippen LogP contribution in [0, 0.1) is 0 Å². The highest BCUT2D eigenvalue weighted by atomic mass is 79.9. The van der Waals surface area contributed by atoms with E-state index in [-0.39, 0.29) is 5.78 Å². The van der Waals surface area contributed by atoms with Gasteiger partial charge in [-0.15, -0.1) is 0 Å². The van der Waals surface area contributed by atoms with E-state index < -0.39 is 0 Å². The third-order valence-electron chi connectivity index (χ3n) is 5.84. The highest BCUT2D eigenvalue weighted by Gasteiger charge is 2.20. The molecule has 0 radical (unpaired) electrons. The second-order valence-electron chi connectivity index (χ2n) is 8.27. The van der Waals surface area contributed by atoms with Crippen molar-refractivity contribution in [3.63, 3.8) is 0 Å². The van der Waals surface area contributed by atoms with Gasteiger partial charge in [-0.2, -0.15) is 0 Å². The molecule has 0 saturated heterocycles. The largest absolute Gasteiger partial charge is 0.289 e. The minimum atomic E-state index is -0.0558. The Morgan fingerprint density at radius 2 is 1.17 bits per heavy atom. The van der Waals surface area contributed by atoms with Crippen molar-refractivity contribution < 1.29 is 4.79 Å². The molecule has 4 heteroatoms. The number of carbonyl (C=O) groups excluding carboxylic acids is 1. The first kappa shape index (κ1) is 24.1. The van der Waals surface area contributed by atoms with Crippen LogP contribution in [-0.4, -0.2) is 10.8 Å². The lowest BCUT2D eigenvalue weighted by Crippen LogP contribution is -2.08. The number of ketones is 1. The highest BCUT2D eigenvalue weighted by molar-refractivity contribution is 9.10. The summed E-state index contributed by atoms with van der Waals surface area (Å²) in [5.74, 6) is -0.0558.